The van der Waals surface area contributed by atoms with Gasteiger partial charge in [-0.25, -0.2) is 9.69 Å². The zero-order chi connectivity index (χ0) is 30.9. The Kier molecular flexibility index (Phi) is 8.71. The number of hydrogen-bond acceptors (Lipinski definition) is 6. The van der Waals surface area contributed by atoms with Crippen LogP contribution in [0.2, 0.25) is 0 Å². The summed E-state index contributed by atoms with van der Waals surface area (Å²) in [4.78, 5) is 47.2. The Hall–Kier alpha value is -3.88. The van der Waals surface area contributed by atoms with Crippen LogP contribution in [0, 0.1) is 0 Å². The minimum atomic E-state index is -5.43. The van der Waals surface area contributed by atoms with Gasteiger partial charge in [0.2, 0.25) is 0 Å². The first-order valence-electron chi connectivity index (χ1n) is 13.2. The number of ether oxygens (including phenoxy) is 1. The molecule has 0 unspecified atom stereocenters. The van der Waals surface area contributed by atoms with Crippen molar-refractivity contribution in [3.8, 4) is 5.75 Å². The fraction of sp³-hybridized carbons (Fsp3) is 0.481. The summed E-state index contributed by atoms with van der Waals surface area (Å²) in [5, 5.41) is 0. The lowest BCUT2D eigenvalue weighted by molar-refractivity contribution is -0.274. The maximum atomic E-state index is 13.7. The van der Waals surface area contributed by atoms with E-state index in [1.54, 1.807) is 17.0 Å². The van der Waals surface area contributed by atoms with Crippen LogP contribution in [0.25, 0.3) is 0 Å². The smallest absolute Gasteiger partial charge is 0.404 e. The number of alkyl halides is 6. The number of imide groups is 1. The molecular formula is C27H29F6N5O4. The van der Waals surface area contributed by atoms with Gasteiger partial charge in [0.25, 0.3) is 5.91 Å². The van der Waals surface area contributed by atoms with Crippen LogP contribution >= 0.6 is 0 Å². The molecule has 0 saturated carbocycles. The maximum Gasteiger partial charge on any atom is 0.573 e. The van der Waals surface area contributed by atoms with Crippen molar-refractivity contribution >= 4 is 29.2 Å². The van der Waals surface area contributed by atoms with Gasteiger partial charge in [-0.1, -0.05) is 6.42 Å². The van der Waals surface area contributed by atoms with E-state index in [4.69, 9.17) is 0 Å². The number of benzene rings is 1. The molecule has 2 fully saturated rings. The number of nitrogens with zero attached hydrogens (tertiary/aromatic N) is 5. The molecule has 0 bridgehead atoms. The molecule has 2 saturated heterocycles. The number of anilines is 2. The van der Waals surface area contributed by atoms with E-state index in [-0.39, 0.29) is 23.7 Å². The highest BCUT2D eigenvalue weighted by Crippen LogP contribution is 2.41. The molecule has 0 N–H and O–H groups in total. The molecule has 228 valence electrons. The number of amides is 4. The van der Waals surface area contributed by atoms with Crippen LogP contribution in [0.3, 0.4) is 0 Å². The van der Waals surface area contributed by atoms with Crippen LogP contribution in [0.15, 0.2) is 42.7 Å². The fourth-order valence-electron chi connectivity index (χ4n) is 4.98. The topological polar surface area (TPSA) is 86.3 Å². The first-order valence-corrected chi connectivity index (χ1v) is 13.2. The quantitative estimate of drug-likeness (QED) is 0.309. The summed E-state index contributed by atoms with van der Waals surface area (Å²) in [5.41, 5.74) is -1.99. The number of rotatable bonds is 8. The number of pyridine rings is 1. The molecule has 42 heavy (non-hydrogen) atoms. The second kappa shape index (κ2) is 11.8. The Bertz CT molecular complexity index is 1310. The van der Waals surface area contributed by atoms with Gasteiger partial charge in [-0.3, -0.25) is 19.5 Å². The minimum Gasteiger partial charge on any atom is -0.404 e. The summed E-state index contributed by atoms with van der Waals surface area (Å²) in [5.74, 6) is -4.27. The molecule has 0 radical (unpaired) electrons. The van der Waals surface area contributed by atoms with E-state index in [1.807, 2.05) is 0 Å². The van der Waals surface area contributed by atoms with Gasteiger partial charge in [-0.15, -0.1) is 13.2 Å². The van der Waals surface area contributed by atoms with E-state index in [0.717, 1.165) is 31.4 Å². The Morgan fingerprint density at radius 2 is 1.64 bits per heavy atom. The largest absolute Gasteiger partial charge is 0.573 e. The number of halogens is 6. The van der Waals surface area contributed by atoms with E-state index in [0.29, 0.717) is 29.6 Å². The zero-order valence-corrected chi connectivity index (χ0v) is 22.8. The molecule has 2 aliphatic rings. The Morgan fingerprint density at radius 3 is 2.24 bits per heavy atom. The van der Waals surface area contributed by atoms with E-state index >= 15 is 0 Å². The summed E-state index contributed by atoms with van der Waals surface area (Å²) in [6, 6.07) is 4.81. The van der Waals surface area contributed by atoms with Gasteiger partial charge in [0.1, 0.15) is 5.54 Å². The van der Waals surface area contributed by atoms with Gasteiger partial charge < -0.3 is 14.5 Å². The highest BCUT2D eigenvalue weighted by Gasteiger charge is 2.52. The molecule has 2 aliphatic heterocycles. The van der Waals surface area contributed by atoms with E-state index in [9.17, 15) is 40.7 Å². The molecule has 0 spiro atoms. The van der Waals surface area contributed by atoms with Gasteiger partial charge >= 0.3 is 24.5 Å². The lowest BCUT2D eigenvalue weighted by Gasteiger charge is -2.31. The SMILES string of the molecule is CC1(C)C(=O)N(c2ccc(OC(F)(F)F)c(N(CCN3CCCCC3)C(=O)C(F)(F)F)c2)C(=O)N1Cc1ccncc1. The van der Waals surface area contributed by atoms with Crippen LogP contribution < -0.4 is 14.5 Å². The number of piperidine rings is 1. The first kappa shape index (κ1) is 31.1. The van der Waals surface area contributed by atoms with Crippen LogP contribution in [0.5, 0.6) is 5.75 Å². The summed E-state index contributed by atoms with van der Waals surface area (Å²) in [7, 11) is 0. The molecule has 1 aromatic carbocycles. The normalized spacial score (nSPS) is 18.0. The van der Waals surface area contributed by atoms with Crippen LogP contribution in [0.4, 0.5) is 42.5 Å². The second-order valence-corrected chi connectivity index (χ2v) is 10.5. The van der Waals surface area contributed by atoms with E-state index in [2.05, 4.69) is 9.72 Å². The molecular weight excluding hydrogens is 572 g/mol. The Labute approximate surface area is 237 Å². The van der Waals surface area contributed by atoms with Crippen molar-refractivity contribution in [2.45, 2.75) is 57.7 Å². The molecule has 2 aromatic rings. The third-order valence-corrected chi connectivity index (χ3v) is 7.21. The summed E-state index contributed by atoms with van der Waals surface area (Å²) >= 11 is 0. The number of carbonyl (C=O) groups excluding carboxylic acids is 3. The molecule has 0 atom stereocenters. The lowest BCUT2D eigenvalue weighted by Crippen LogP contribution is -2.46. The Morgan fingerprint density at radius 1 is 1.00 bits per heavy atom. The van der Waals surface area contributed by atoms with Crippen molar-refractivity contribution in [2.24, 2.45) is 0 Å². The van der Waals surface area contributed by atoms with Gasteiger partial charge in [0.15, 0.2) is 5.75 Å². The maximum absolute atomic E-state index is 13.7. The molecule has 4 rings (SSSR count). The number of likely N-dealkylation sites (tertiary alicyclic amines) is 1. The highest BCUT2D eigenvalue weighted by atomic mass is 19.4. The van der Waals surface area contributed by atoms with Crippen molar-refractivity contribution in [1.82, 2.24) is 14.8 Å². The predicted octanol–water partition coefficient (Wildman–Crippen LogP) is 5.11. The minimum absolute atomic E-state index is 0.0206. The fourth-order valence-corrected chi connectivity index (χ4v) is 4.98. The Balaban J connectivity index is 1.75. The number of carbonyl (C=O) groups is 3. The molecule has 9 nitrogen and oxygen atoms in total. The van der Waals surface area contributed by atoms with Gasteiger partial charge in [0, 0.05) is 32.0 Å². The third-order valence-electron chi connectivity index (χ3n) is 7.21. The van der Waals surface area contributed by atoms with E-state index < -0.39 is 53.9 Å². The zero-order valence-electron chi connectivity index (χ0n) is 22.8. The van der Waals surface area contributed by atoms with Crippen molar-refractivity contribution in [1.29, 1.82) is 0 Å². The van der Waals surface area contributed by atoms with Crippen molar-refractivity contribution in [3.05, 3.63) is 48.3 Å². The van der Waals surface area contributed by atoms with E-state index in [1.165, 1.54) is 31.1 Å². The third kappa shape index (κ3) is 6.77. The molecule has 1 aromatic heterocycles. The molecule has 3 heterocycles. The van der Waals surface area contributed by atoms with Gasteiger partial charge in [0.05, 0.1) is 11.4 Å². The second-order valence-electron chi connectivity index (χ2n) is 10.5. The monoisotopic (exact) mass is 601 g/mol. The van der Waals surface area contributed by atoms with Gasteiger partial charge in [-0.2, -0.15) is 13.2 Å². The molecule has 4 amide bonds. The first-order chi connectivity index (χ1) is 19.6. The molecule has 0 aliphatic carbocycles. The van der Waals surface area contributed by atoms with Gasteiger partial charge in [-0.05, 0) is 75.7 Å². The predicted molar refractivity (Wildman–Crippen MR) is 139 cm³/mol. The summed E-state index contributed by atoms with van der Waals surface area (Å²) < 4.78 is 85.0. The average Bonchev–Trinajstić information content (AvgIpc) is 3.08. The summed E-state index contributed by atoms with van der Waals surface area (Å²) in [6.07, 6.45) is -5.25. The number of urea groups is 1. The average molecular weight is 602 g/mol. The number of aromatic nitrogens is 1. The van der Waals surface area contributed by atoms with Crippen molar-refractivity contribution in [2.75, 3.05) is 36.0 Å². The van der Waals surface area contributed by atoms with Crippen LogP contribution in [0.1, 0.15) is 38.7 Å². The van der Waals surface area contributed by atoms with Crippen LogP contribution in [-0.4, -0.2) is 76.9 Å². The molecule has 15 heteroatoms. The number of hydrogen-bond donors (Lipinski definition) is 0. The van der Waals surface area contributed by atoms with Crippen LogP contribution in [-0.2, 0) is 16.1 Å². The lowest BCUT2D eigenvalue weighted by atomic mass is 10.0. The standard InChI is InChI=1S/C27H29F6N5O4/c1-25(2)22(39)38(24(41)37(25)17-18-8-10-34-11-9-18)19-6-7-21(42-27(31,32)33)20(16-19)36(23(40)26(28,29)30)15-14-35-12-4-3-5-13-35/h6-11,16H,3-5,12-15,17H2,1-2H3. The highest BCUT2D eigenvalue weighted by molar-refractivity contribution is 6.23. The summed E-state index contributed by atoms with van der Waals surface area (Å²) in [6.45, 7) is 3.36. The van der Waals surface area contributed by atoms with Crippen molar-refractivity contribution in [3.63, 3.8) is 0 Å². The van der Waals surface area contributed by atoms with Crippen molar-refractivity contribution < 1.29 is 45.5 Å².